The number of hydrogen-bond donors (Lipinski definition) is 2. The molecule has 0 aromatic heterocycles. The molecule has 4 N–H and O–H groups in total. The Bertz CT molecular complexity index is 105. The summed E-state index contributed by atoms with van der Waals surface area (Å²) in [6.45, 7) is 0.957. The lowest BCUT2D eigenvalue weighted by atomic mass is 10.1. The summed E-state index contributed by atoms with van der Waals surface area (Å²) in [5.74, 6) is 8.30. The molecule has 1 rings (SSSR count). The van der Waals surface area contributed by atoms with Gasteiger partial charge in [-0.1, -0.05) is 0 Å². The third kappa shape index (κ3) is 2.80. The van der Waals surface area contributed by atoms with Gasteiger partial charge in [-0.25, -0.2) is 0 Å². The lowest BCUT2D eigenvalue weighted by molar-refractivity contribution is -0.131. The molecule has 1 fully saturated rings. The van der Waals surface area contributed by atoms with Gasteiger partial charge < -0.3 is 4.90 Å². The Kier molecular flexibility index (Phi) is 4.88. The smallest absolute Gasteiger partial charge is 0.222 e. The highest BCUT2D eigenvalue weighted by Gasteiger charge is 2.12. The van der Waals surface area contributed by atoms with Crippen molar-refractivity contribution in [3.05, 3.63) is 0 Å². The van der Waals surface area contributed by atoms with Crippen molar-refractivity contribution < 1.29 is 4.79 Å². The summed E-state index contributed by atoms with van der Waals surface area (Å²) >= 11 is 0. The van der Waals surface area contributed by atoms with E-state index in [4.69, 9.17) is 0 Å². The Morgan fingerprint density at radius 2 is 2.00 bits per heavy atom. The van der Waals surface area contributed by atoms with Gasteiger partial charge in [-0.3, -0.25) is 16.5 Å². The van der Waals surface area contributed by atoms with Crippen molar-refractivity contribution in [3.63, 3.8) is 0 Å². The number of piperidine rings is 1. The van der Waals surface area contributed by atoms with E-state index in [2.05, 4.69) is 11.7 Å². The summed E-state index contributed by atoms with van der Waals surface area (Å²) in [5, 5.41) is 0. The average molecular weight is 145 g/mol. The molecule has 0 aromatic carbocycles. The maximum Gasteiger partial charge on any atom is 0.222 e. The minimum atomic E-state index is 0.302. The van der Waals surface area contributed by atoms with E-state index < -0.39 is 0 Å². The van der Waals surface area contributed by atoms with Crippen LogP contribution in [0.3, 0.4) is 0 Å². The van der Waals surface area contributed by atoms with Crippen molar-refractivity contribution in [1.29, 1.82) is 0 Å². The molecule has 4 nitrogen and oxygen atoms in total. The van der Waals surface area contributed by atoms with Crippen molar-refractivity contribution in [2.24, 2.45) is 11.7 Å². The average Bonchev–Trinajstić information content (AvgIpc) is 2.00. The summed E-state index contributed by atoms with van der Waals surface area (Å²) in [5.41, 5.74) is 0. The van der Waals surface area contributed by atoms with Gasteiger partial charge in [0.25, 0.3) is 0 Å². The van der Waals surface area contributed by atoms with E-state index in [1.165, 1.54) is 6.42 Å². The van der Waals surface area contributed by atoms with E-state index >= 15 is 0 Å². The number of hydrogen-bond acceptors (Lipinski definition) is 3. The number of likely N-dealkylation sites (tertiary alicyclic amines) is 1. The van der Waals surface area contributed by atoms with Crippen LogP contribution < -0.4 is 11.7 Å². The Morgan fingerprint density at radius 1 is 1.40 bits per heavy atom. The molecular weight excluding hydrogens is 130 g/mol. The maximum absolute atomic E-state index is 10.7. The Morgan fingerprint density at radius 3 is 2.30 bits per heavy atom. The van der Waals surface area contributed by atoms with Crippen LogP contribution in [0.1, 0.15) is 19.3 Å². The molecule has 0 unspecified atom stereocenters. The van der Waals surface area contributed by atoms with Crippen molar-refractivity contribution >= 4 is 5.91 Å². The summed E-state index contributed by atoms with van der Waals surface area (Å²) in [7, 11) is 1.86. The molecule has 1 saturated heterocycles. The molecule has 1 amide bonds. The summed E-state index contributed by atoms with van der Waals surface area (Å²) < 4.78 is 0. The van der Waals surface area contributed by atoms with Gasteiger partial charge in [-0.2, -0.15) is 0 Å². The lowest BCUT2D eigenvalue weighted by Crippen LogP contribution is -2.31. The molecule has 10 heavy (non-hydrogen) atoms. The van der Waals surface area contributed by atoms with Crippen LogP contribution in [-0.4, -0.2) is 24.4 Å². The highest BCUT2D eigenvalue weighted by molar-refractivity contribution is 5.76. The number of carbonyl (C=O) groups is 1. The zero-order valence-electron chi connectivity index (χ0n) is 6.34. The second-order valence-electron chi connectivity index (χ2n) is 2.27. The first-order valence-electron chi connectivity index (χ1n) is 3.38. The van der Waals surface area contributed by atoms with Crippen LogP contribution in [0.15, 0.2) is 0 Å². The SMILES string of the molecule is CN1CCCCC1=O.NN. The number of rotatable bonds is 0. The number of amides is 1. The topological polar surface area (TPSA) is 72.3 Å². The third-order valence-electron chi connectivity index (χ3n) is 1.56. The van der Waals surface area contributed by atoms with Crippen molar-refractivity contribution in [2.75, 3.05) is 13.6 Å². The largest absolute Gasteiger partial charge is 0.346 e. The second-order valence-corrected chi connectivity index (χ2v) is 2.27. The molecule has 0 bridgehead atoms. The first-order chi connectivity index (χ1) is 4.80. The maximum atomic E-state index is 10.7. The molecule has 0 atom stereocenters. The van der Waals surface area contributed by atoms with Crippen LogP contribution >= 0.6 is 0 Å². The quantitative estimate of drug-likeness (QED) is 0.355. The van der Waals surface area contributed by atoms with Crippen molar-refractivity contribution in [1.82, 2.24) is 4.90 Å². The van der Waals surface area contributed by atoms with E-state index in [1.54, 1.807) is 4.90 Å². The first-order valence-corrected chi connectivity index (χ1v) is 3.38. The van der Waals surface area contributed by atoms with E-state index in [0.29, 0.717) is 5.91 Å². The van der Waals surface area contributed by atoms with E-state index in [-0.39, 0.29) is 0 Å². The van der Waals surface area contributed by atoms with Gasteiger partial charge in [0, 0.05) is 20.0 Å². The predicted octanol–water partition coefficient (Wildman–Crippen LogP) is -0.552. The van der Waals surface area contributed by atoms with Gasteiger partial charge in [0.15, 0.2) is 0 Å². The highest BCUT2D eigenvalue weighted by atomic mass is 16.2. The van der Waals surface area contributed by atoms with Crippen LogP contribution in [0.5, 0.6) is 0 Å². The fourth-order valence-corrected chi connectivity index (χ4v) is 0.941. The van der Waals surface area contributed by atoms with Crippen LogP contribution in [0.2, 0.25) is 0 Å². The van der Waals surface area contributed by atoms with Crippen molar-refractivity contribution in [3.8, 4) is 0 Å². The van der Waals surface area contributed by atoms with E-state index in [9.17, 15) is 4.79 Å². The number of hydrazine groups is 1. The summed E-state index contributed by atoms with van der Waals surface area (Å²) in [6.07, 6.45) is 3.03. The van der Waals surface area contributed by atoms with Gasteiger partial charge in [-0.15, -0.1) is 0 Å². The normalized spacial score (nSPS) is 17.9. The van der Waals surface area contributed by atoms with E-state index in [1.807, 2.05) is 7.05 Å². The second kappa shape index (κ2) is 5.20. The van der Waals surface area contributed by atoms with Crippen molar-refractivity contribution in [2.45, 2.75) is 19.3 Å². The molecule has 0 spiro atoms. The number of nitrogens with zero attached hydrogens (tertiary/aromatic N) is 1. The van der Waals surface area contributed by atoms with Gasteiger partial charge in [-0.05, 0) is 12.8 Å². The minimum absolute atomic E-state index is 0.302. The molecule has 0 saturated carbocycles. The van der Waals surface area contributed by atoms with Gasteiger partial charge in [0.2, 0.25) is 5.91 Å². The predicted molar refractivity (Wildman–Crippen MR) is 39.9 cm³/mol. The van der Waals surface area contributed by atoms with Crippen LogP contribution in [0.4, 0.5) is 0 Å². The minimum Gasteiger partial charge on any atom is -0.346 e. The zero-order chi connectivity index (χ0) is 7.98. The molecular formula is C6H15N3O. The standard InChI is InChI=1S/C6H11NO.H4N2/c1-7-5-3-2-4-6(7)8;1-2/h2-5H2,1H3;1-2H2. The first kappa shape index (κ1) is 9.39. The molecule has 1 aliphatic heterocycles. The zero-order valence-corrected chi connectivity index (χ0v) is 6.34. The third-order valence-corrected chi connectivity index (χ3v) is 1.56. The monoisotopic (exact) mass is 145 g/mol. The van der Waals surface area contributed by atoms with Gasteiger partial charge in [0.1, 0.15) is 0 Å². The molecule has 0 radical (unpaired) electrons. The highest BCUT2D eigenvalue weighted by Crippen LogP contribution is 2.06. The van der Waals surface area contributed by atoms with Gasteiger partial charge >= 0.3 is 0 Å². The Balaban J connectivity index is 0.000000371. The number of nitrogens with two attached hydrogens (primary N) is 2. The number of carbonyl (C=O) groups excluding carboxylic acids is 1. The van der Waals surface area contributed by atoms with Crippen LogP contribution in [0.25, 0.3) is 0 Å². The van der Waals surface area contributed by atoms with Gasteiger partial charge in [0.05, 0.1) is 0 Å². The summed E-state index contributed by atoms with van der Waals surface area (Å²) in [6, 6.07) is 0. The lowest BCUT2D eigenvalue weighted by Gasteiger charge is -2.21. The molecule has 0 aliphatic carbocycles. The molecule has 1 aliphatic rings. The Hall–Kier alpha value is -0.610. The molecule has 60 valence electrons. The molecule has 4 heteroatoms. The molecule has 1 heterocycles. The Labute approximate surface area is 61.1 Å². The summed E-state index contributed by atoms with van der Waals surface area (Å²) in [4.78, 5) is 12.5. The van der Waals surface area contributed by atoms with E-state index in [0.717, 1.165) is 19.4 Å². The fraction of sp³-hybridized carbons (Fsp3) is 0.833. The fourth-order valence-electron chi connectivity index (χ4n) is 0.941. The van der Waals surface area contributed by atoms with Crippen LogP contribution in [0, 0.1) is 0 Å². The molecule has 0 aromatic rings. The van der Waals surface area contributed by atoms with Crippen LogP contribution in [-0.2, 0) is 4.79 Å².